The van der Waals surface area contributed by atoms with Crippen LogP contribution in [0.25, 0.3) is 0 Å². The number of Topliss-reactive ketones (excluding diaryl/α,β-unsaturated/α-hetero) is 1. The summed E-state index contributed by atoms with van der Waals surface area (Å²) < 4.78 is 5.31. The van der Waals surface area contributed by atoms with E-state index in [4.69, 9.17) is 4.74 Å². The van der Waals surface area contributed by atoms with Crippen LogP contribution in [0.3, 0.4) is 0 Å². The number of likely N-dealkylation sites (tertiary alicyclic amines) is 1. The minimum Gasteiger partial charge on any atom is -0.444 e. The first kappa shape index (κ1) is 13.0. The molecule has 0 bridgehead atoms. The molecule has 4 nitrogen and oxygen atoms in total. The number of rotatable bonds is 1. The minimum atomic E-state index is -0.513. The number of carbonyl (C=O) groups excluding carboxylic acids is 2. The number of ether oxygens (including phenoxy) is 1. The molecule has 0 aromatic heterocycles. The standard InChI is InChI=1S/C12H21NO3/c1-8-6-7-10(9(2)14)13(8)11(15)16-12(3,4)5/h8,10H,6-7H2,1-5H3. The summed E-state index contributed by atoms with van der Waals surface area (Å²) >= 11 is 0. The highest BCUT2D eigenvalue weighted by Crippen LogP contribution is 2.26. The van der Waals surface area contributed by atoms with Gasteiger partial charge in [0.15, 0.2) is 5.78 Å². The first-order valence-corrected chi connectivity index (χ1v) is 5.74. The Morgan fingerprint density at radius 1 is 1.25 bits per heavy atom. The summed E-state index contributed by atoms with van der Waals surface area (Å²) in [5.74, 6) is 0.0372. The van der Waals surface area contributed by atoms with Crippen LogP contribution >= 0.6 is 0 Å². The van der Waals surface area contributed by atoms with Crippen molar-refractivity contribution in [2.24, 2.45) is 0 Å². The maximum atomic E-state index is 11.9. The molecular weight excluding hydrogens is 206 g/mol. The first-order valence-electron chi connectivity index (χ1n) is 5.74. The first-order chi connectivity index (χ1) is 7.22. The van der Waals surface area contributed by atoms with Gasteiger partial charge in [-0.1, -0.05) is 0 Å². The number of amides is 1. The highest BCUT2D eigenvalue weighted by atomic mass is 16.6. The fraction of sp³-hybridized carbons (Fsp3) is 0.833. The Balaban J connectivity index is 2.76. The van der Waals surface area contributed by atoms with Crippen molar-refractivity contribution in [3.05, 3.63) is 0 Å². The highest BCUT2D eigenvalue weighted by molar-refractivity contribution is 5.86. The normalized spacial score (nSPS) is 25.7. The van der Waals surface area contributed by atoms with E-state index >= 15 is 0 Å². The van der Waals surface area contributed by atoms with Gasteiger partial charge in [-0.25, -0.2) is 4.79 Å². The largest absolute Gasteiger partial charge is 0.444 e. The molecule has 2 atom stereocenters. The summed E-state index contributed by atoms with van der Waals surface area (Å²) in [6.45, 7) is 8.96. The maximum absolute atomic E-state index is 11.9. The van der Waals surface area contributed by atoms with Crippen molar-refractivity contribution in [1.82, 2.24) is 4.90 Å². The van der Waals surface area contributed by atoms with Crippen LogP contribution < -0.4 is 0 Å². The lowest BCUT2D eigenvalue weighted by atomic mass is 10.1. The third kappa shape index (κ3) is 2.97. The van der Waals surface area contributed by atoms with Crippen molar-refractivity contribution in [3.8, 4) is 0 Å². The smallest absolute Gasteiger partial charge is 0.411 e. The molecule has 1 saturated heterocycles. The summed E-state index contributed by atoms with van der Waals surface area (Å²) in [5.41, 5.74) is -0.513. The van der Waals surface area contributed by atoms with Gasteiger partial charge >= 0.3 is 6.09 Å². The predicted molar refractivity (Wildman–Crippen MR) is 61.2 cm³/mol. The third-order valence-corrected chi connectivity index (χ3v) is 2.74. The Labute approximate surface area is 96.9 Å². The van der Waals surface area contributed by atoms with Gasteiger partial charge in [-0.15, -0.1) is 0 Å². The van der Waals surface area contributed by atoms with Gasteiger partial charge in [0.2, 0.25) is 0 Å². The van der Waals surface area contributed by atoms with Gasteiger partial charge in [-0.05, 0) is 47.5 Å². The van der Waals surface area contributed by atoms with Gasteiger partial charge in [-0.2, -0.15) is 0 Å². The van der Waals surface area contributed by atoms with Gasteiger partial charge in [0.05, 0.1) is 6.04 Å². The molecule has 1 aliphatic heterocycles. The van der Waals surface area contributed by atoms with Gasteiger partial charge in [0.1, 0.15) is 5.60 Å². The van der Waals surface area contributed by atoms with Crippen LogP contribution in [-0.4, -0.2) is 34.5 Å². The Morgan fingerprint density at radius 2 is 1.81 bits per heavy atom. The fourth-order valence-electron chi connectivity index (χ4n) is 2.01. The number of hydrogen-bond donors (Lipinski definition) is 0. The Kier molecular flexibility index (Phi) is 3.61. The minimum absolute atomic E-state index is 0.0372. The lowest BCUT2D eigenvalue weighted by Gasteiger charge is -2.30. The van der Waals surface area contributed by atoms with E-state index in [1.54, 1.807) is 4.90 Å². The van der Waals surface area contributed by atoms with E-state index in [9.17, 15) is 9.59 Å². The van der Waals surface area contributed by atoms with E-state index in [1.807, 2.05) is 27.7 Å². The van der Waals surface area contributed by atoms with Crippen molar-refractivity contribution < 1.29 is 14.3 Å². The SMILES string of the molecule is CC(=O)C1CCC(C)N1C(=O)OC(C)(C)C. The quantitative estimate of drug-likeness (QED) is 0.691. The molecule has 0 N–H and O–H groups in total. The van der Waals surface area contributed by atoms with E-state index in [-0.39, 0.29) is 24.0 Å². The second kappa shape index (κ2) is 4.44. The van der Waals surface area contributed by atoms with E-state index < -0.39 is 5.60 Å². The molecule has 1 amide bonds. The number of ketones is 1. The van der Waals surface area contributed by atoms with Crippen LogP contribution in [-0.2, 0) is 9.53 Å². The van der Waals surface area contributed by atoms with Crippen LogP contribution in [0, 0.1) is 0 Å². The van der Waals surface area contributed by atoms with Gasteiger partial charge < -0.3 is 4.74 Å². The summed E-state index contributed by atoms with van der Waals surface area (Å²) in [7, 11) is 0. The van der Waals surface area contributed by atoms with E-state index in [0.717, 1.165) is 12.8 Å². The molecule has 0 aliphatic carbocycles. The monoisotopic (exact) mass is 227 g/mol. The summed E-state index contributed by atoms with van der Waals surface area (Å²) in [6, 6.07) is -0.214. The molecule has 4 heteroatoms. The molecule has 1 fully saturated rings. The average Bonchev–Trinajstić information content (AvgIpc) is 2.43. The van der Waals surface area contributed by atoms with Crippen LogP contribution in [0.1, 0.15) is 47.5 Å². The number of nitrogens with zero attached hydrogens (tertiary/aromatic N) is 1. The van der Waals surface area contributed by atoms with Crippen LogP contribution in [0.2, 0.25) is 0 Å². The lowest BCUT2D eigenvalue weighted by Crippen LogP contribution is -2.45. The summed E-state index contributed by atoms with van der Waals surface area (Å²) in [6.07, 6.45) is 1.23. The van der Waals surface area contributed by atoms with E-state index in [2.05, 4.69) is 0 Å². The van der Waals surface area contributed by atoms with Crippen molar-refractivity contribution in [2.75, 3.05) is 0 Å². The number of hydrogen-bond acceptors (Lipinski definition) is 3. The van der Waals surface area contributed by atoms with Crippen molar-refractivity contribution in [1.29, 1.82) is 0 Å². The molecule has 0 aromatic carbocycles. The molecule has 92 valence electrons. The highest BCUT2D eigenvalue weighted by Gasteiger charge is 2.39. The summed E-state index contributed by atoms with van der Waals surface area (Å²) in [4.78, 5) is 24.9. The molecule has 1 aliphatic rings. The van der Waals surface area contributed by atoms with Crippen LogP contribution in [0.5, 0.6) is 0 Å². The van der Waals surface area contributed by atoms with E-state index in [1.165, 1.54) is 6.92 Å². The molecule has 16 heavy (non-hydrogen) atoms. The summed E-state index contributed by atoms with van der Waals surface area (Å²) in [5, 5.41) is 0. The Morgan fingerprint density at radius 3 is 2.25 bits per heavy atom. The van der Waals surface area contributed by atoms with Crippen molar-refractivity contribution >= 4 is 11.9 Å². The molecule has 2 unspecified atom stereocenters. The Hall–Kier alpha value is -1.06. The zero-order valence-electron chi connectivity index (χ0n) is 10.7. The molecule has 1 rings (SSSR count). The third-order valence-electron chi connectivity index (χ3n) is 2.74. The second-order valence-corrected chi connectivity index (χ2v) is 5.44. The van der Waals surface area contributed by atoms with Gasteiger partial charge in [0.25, 0.3) is 0 Å². The van der Waals surface area contributed by atoms with Crippen LogP contribution in [0.15, 0.2) is 0 Å². The molecule has 0 radical (unpaired) electrons. The van der Waals surface area contributed by atoms with Crippen molar-refractivity contribution in [3.63, 3.8) is 0 Å². The van der Waals surface area contributed by atoms with Crippen LogP contribution in [0.4, 0.5) is 4.79 Å². The fourth-order valence-corrected chi connectivity index (χ4v) is 2.01. The molecular formula is C12H21NO3. The zero-order valence-corrected chi connectivity index (χ0v) is 10.7. The molecule has 0 aromatic rings. The average molecular weight is 227 g/mol. The molecule has 0 saturated carbocycles. The topological polar surface area (TPSA) is 46.6 Å². The predicted octanol–water partition coefficient (Wildman–Crippen LogP) is 2.36. The maximum Gasteiger partial charge on any atom is 0.411 e. The van der Waals surface area contributed by atoms with E-state index in [0.29, 0.717) is 0 Å². The van der Waals surface area contributed by atoms with Gasteiger partial charge in [-0.3, -0.25) is 9.69 Å². The van der Waals surface area contributed by atoms with Crippen molar-refractivity contribution in [2.45, 2.75) is 65.1 Å². The zero-order chi connectivity index (χ0) is 12.5. The second-order valence-electron chi connectivity index (χ2n) is 5.44. The lowest BCUT2D eigenvalue weighted by molar-refractivity contribution is -0.121. The molecule has 0 spiro atoms. The van der Waals surface area contributed by atoms with Gasteiger partial charge in [0, 0.05) is 6.04 Å². The number of carbonyl (C=O) groups is 2. The molecule has 1 heterocycles. The Bertz CT molecular complexity index is 293.